The van der Waals surface area contributed by atoms with Crippen molar-refractivity contribution in [3.05, 3.63) is 68.3 Å². The first kappa shape index (κ1) is 25.0. The van der Waals surface area contributed by atoms with Crippen LogP contribution in [0.15, 0.2) is 44.3 Å². The number of carbonyl (C=O) groups is 1. The van der Waals surface area contributed by atoms with Gasteiger partial charge in [0, 0.05) is 36.5 Å². The summed E-state index contributed by atoms with van der Waals surface area (Å²) in [6.07, 6.45) is -1.41. The van der Waals surface area contributed by atoms with E-state index < -0.39 is 29.2 Å². The monoisotopic (exact) mass is 547 g/mol. The number of rotatable bonds is 6. The normalized spacial score (nSPS) is 11.8. The molecule has 0 aliphatic rings. The standard InChI is InChI=1S/C21H16F3N9O4S/c1-10-3-12(30-37-10)6-33-18(35)15-16(31(2)20(33)36)27-9-32(15)7-14(34)28-13-8-38-17(29-13)11-4-25-19(26-5-11)21(22,23)24/h3-5,8-9H,6-7H2,1-2H3,(H,28,34). The van der Waals surface area contributed by atoms with Gasteiger partial charge < -0.3 is 14.4 Å². The molecule has 1 N–H and O–H groups in total. The highest BCUT2D eigenvalue weighted by atomic mass is 32.1. The largest absolute Gasteiger partial charge is 0.451 e. The zero-order valence-electron chi connectivity index (χ0n) is 19.6. The van der Waals surface area contributed by atoms with Gasteiger partial charge in [-0.25, -0.2) is 24.7 Å². The van der Waals surface area contributed by atoms with Gasteiger partial charge in [0.2, 0.25) is 11.7 Å². The second kappa shape index (κ2) is 9.33. The number of aromatic nitrogens is 8. The molecule has 5 aromatic rings. The molecule has 0 aliphatic carbocycles. The number of nitrogens with one attached hydrogen (secondary N) is 1. The fourth-order valence-corrected chi connectivity index (χ4v) is 4.35. The van der Waals surface area contributed by atoms with Crippen LogP contribution in [-0.4, -0.2) is 44.7 Å². The molecule has 0 saturated heterocycles. The third-order valence-corrected chi connectivity index (χ3v) is 6.23. The molecule has 5 aromatic heterocycles. The van der Waals surface area contributed by atoms with Crippen LogP contribution in [-0.2, 0) is 31.1 Å². The second-order valence-corrected chi connectivity index (χ2v) is 8.94. The summed E-state index contributed by atoms with van der Waals surface area (Å²) >= 11 is 1.07. The van der Waals surface area contributed by atoms with E-state index in [9.17, 15) is 27.6 Å². The Morgan fingerprint density at radius 2 is 1.92 bits per heavy atom. The maximum atomic E-state index is 13.2. The lowest BCUT2D eigenvalue weighted by Crippen LogP contribution is -2.40. The minimum atomic E-state index is -4.66. The summed E-state index contributed by atoms with van der Waals surface area (Å²) in [7, 11) is 1.45. The maximum Gasteiger partial charge on any atom is 0.451 e. The zero-order chi connectivity index (χ0) is 27.2. The van der Waals surface area contributed by atoms with E-state index in [1.807, 2.05) is 0 Å². The number of hydrogen-bond acceptors (Lipinski definition) is 10. The summed E-state index contributed by atoms with van der Waals surface area (Å²) in [5.74, 6) is -1.17. The Kier molecular flexibility index (Phi) is 6.14. The number of hydrogen-bond donors (Lipinski definition) is 1. The molecule has 13 nitrogen and oxygen atoms in total. The number of fused-ring (bicyclic) bond motifs is 1. The molecule has 0 fully saturated rings. The Morgan fingerprint density at radius 1 is 1.18 bits per heavy atom. The summed E-state index contributed by atoms with van der Waals surface area (Å²) in [5, 5.41) is 8.17. The summed E-state index contributed by atoms with van der Waals surface area (Å²) in [5.41, 5.74) is -0.523. The summed E-state index contributed by atoms with van der Waals surface area (Å²) in [6, 6.07) is 1.60. The van der Waals surface area contributed by atoms with E-state index in [2.05, 4.69) is 30.4 Å². The van der Waals surface area contributed by atoms with Gasteiger partial charge in [-0.2, -0.15) is 13.2 Å². The smallest absolute Gasteiger partial charge is 0.361 e. The molecule has 5 rings (SSSR count). The Labute approximate surface area is 213 Å². The third-order valence-electron chi connectivity index (χ3n) is 5.34. The molecule has 0 aliphatic heterocycles. The quantitative estimate of drug-likeness (QED) is 0.335. The van der Waals surface area contributed by atoms with Gasteiger partial charge >= 0.3 is 11.9 Å². The molecular weight excluding hydrogens is 531 g/mol. The van der Waals surface area contributed by atoms with Gasteiger partial charge in [-0.05, 0) is 6.92 Å². The minimum absolute atomic E-state index is 0.0309. The predicted octanol–water partition coefficient (Wildman–Crippen LogP) is 1.81. The first-order chi connectivity index (χ1) is 18.0. The van der Waals surface area contributed by atoms with E-state index in [4.69, 9.17) is 4.52 Å². The first-order valence-electron chi connectivity index (χ1n) is 10.7. The van der Waals surface area contributed by atoms with Crippen LogP contribution in [0.5, 0.6) is 0 Å². The fraction of sp³-hybridized carbons (Fsp3) is 0.238. The van der Waals surface area contributed by atoms with Crippen LogP contribution in [0.1, 0.15) is 17.3 Å². The Hall–Kier alpha value is -4.67. The van der Waals surface area contributed by atoms with E-state index in [1.165, 1.54) is 27.9 Å². The number of amides is 1. The molecule has 38 heavy (non-hydrogen) atoms. The van der Waals surface area contributed by atoms with E-state index >= 15 is 0 Å². The molecule has 0 radical (unpaired) electrons. The van der Waals surface area contributed by atoms with Crippen LogP contribution < -0.4 is 16.6 Å². The highest BCUT2D eigenvalue weighted by Gasteiger charge is 2.34. The number of halogens is 3. The lowest BCUT2D eigenvalue weighted by molar-refractivity contribution is -0.145. The van der Waals surface area contributed by atoms with Crippen LogP contribution in [0.2, 0.25) is 0 Å². The third kappa shape index (κ3) is 4.70. The highest BCUT2D eigenvalue weighted by Crippen LogP contribution is 2.29. The van der Waals surface area contributed by atoms with Crippen LogP contribution in [0.25, 0.3) is 21.7 Å². The van der Waals surface area contributed by atoms with Gasteiger partial charge in [-0.3, -0.25) is 18.7 Å². The van der Waals surface area contributed by atoms with Crippen molar-refractivity contribution in [3.8, 4) is 10.6 Å². The van der Waals surface area contributed by atoms with Crippen molar-refractivity contribution in [1.29, 1.82) is 0 Å². The summed E-state index contributed by atoms with van der Waals surface area (Å²) in [6.45, 7) is 1.21. The number of anilines is 1. The molecule has 0 saturated carbocycles. The van der Waals surface area contributed by atoms with E-state index in [0.717, 1.165) is 28.3 Å². The van der Waals surface area contributed by atoms with Crippen molar-refractivity contribution >= 4 is 34.2 Å². The van der Waals surface area contributed by atoms with Crippen molar-refractivity contribution in [2.24, 2.45) is 7.05 Å². The molecule has 17 heteroatoms. The van der Waals surface area contributed by atoms with E-state index in [1.54, 1.807) is 13.0 Å². The summed E-state index contributed by atoms with van der Waals surface area (Å²) < 4.78 is 46.5. The molecule has 0 bridgehead atoms. The van der Waals surface area contributed by atoms with Crippen molar-refractivity contribution in [1.82, 2.24) is 38.8 Å². The van der Waals surface area contributed by atoms with Crippen molar-refractivity contribution in [2.75, 3.05) is 5.32 Å². The maximum absolute atomic E-state index is 13.2. The van der Waals surface area contributed by atoms with Crippen molar-refractivity contribution < 1.29 is 22.5 Å². The van der Waals surface area contributed by atoms with Crippen LogP contribution in [0.3, 0.4) is 0 Å². The SMILES string of the molecule is Cc1cc(Cn2c(=O)c3c(ncn3CC(=O)Nc3csc(-c4cnc(C(F)(F)F)nc4)n3)n(C)c2=O)no1. The molecule has 5 heterocycles. The first-order valence-corrected chi connectivity index (χ1v) is 11.6. The van der Waals surface area contributed by atoms with Gasteiger partial charge in [-0.15, -0.1) is 11.3 Å². The Balaban J connectivity index is 1.36. The summed E-state index contributed by atoms with van der Waals surface area (Å²) in [4.78, 5) is 53.5. The Bertz CT molecular complexity index is 1780. The number of thiazole rings is 1. The molecule has 196 valence electrons. The van der Waals surface area contributed by atoms with E-state index in [-0.39, 0.29) is 35.6 Å². The lowest BCUT2D eigenvalue weighted by atomic mass is 10.3. The Morgan fingerprint density at radius 3 is 2.58 bits per heavy atom. The predicted molar refractivity (Wildman–Crippen MR) is 126 cm³/mol. The second-order valence-electron chi connectivity index (χ2n) is 8.09. The van der Waals surface area contributed by atoms with Gasteiger partial charge in [0.05, 0.1) is 12.9 Å². The number of carbonyl (C=O) groups excluding carboxylic acids is 1. The molecule has 1 amide bonds. The average Bonchev–Trinajstić information content (AvgIpc) is 3.60. The highest BCUT2D eigenvalue weighted by molar-refractivity contribution is 7.13. The number of imidazole rings is 1. The zero-order valence-corrected chi connectivity index (χ0v) is 20.4. The molecule has 0 aromatic carbocycles. The van der Waals surface area contributed by atoms with Gasteiger partial charge in [0.1, 0.15) is 28.8 Å². The number of nitrogens with zero attached hydrogens (tertiary/aromatic N) is 8. The molecule has 0 atom stereocenters. The van der Waals surface area contributed by atoms with Crippen LogP contribution in [0, 0.1) is 6.92 Å². The number of alkyl halides is 3. The van der Waals surface area contributed by atoms with Crippen LogP contribution in [0.4, 0.5) is 19.0 Å². The van der Waals surface area contributed by atoms with E-state index in [0.29, 0.717) is 16.5 Å². The fourth-order valence-electron chi connectivity index (χ4n) is 3.62. The number of aryl methyl sites for hydroxylation is 2. The molecule has 0 spiro atoms. The van der Waals surface area contributed by atoms with Gasteiger partial charge in [-0.1, -0.05) is 5.16 Å². The van der Waals surface area contributed by atoms with Crippen molar-refractivity contribution in [3.63, 3.8) is 0 Å². The average molecular weight is 547 g/mol. The van der Waals surface area contributed by atoms with Gasteiger partial charge in [0.25, 0.3) is 5.56 Å². The van der Waals surface area contributed by atoms with Gasteiger partial charge in [0.15, 0.2) is 11.2 Å². The minimum Gasteiger partial charge on any atom is -0.361 e. The van der Waals surface area contributed by atoms with Crippen molar-refractivity contribution in [2.45, 2.75) is 26.2 Å². The van der Waals surface area contributed by atoms with Crippen LogP contribution >= 0.6 is 11.3 Å². The lowest BCUT2D eigenvalue weighted by Gasteiger charge is -2.08. The topological polar surface area (TPSA) is 156 Å². The molecule has 0 unspecified atom stereocenters. The molecular formula is C21H16F3N9O4S.